The first-order chi connectivity index (χ1) is 12.0. The van der Waals surface area contributed by atoms with E-state index in [0.29, 0.717) is 26.7 Å². The van der Waals surface area contributed by atoms with E-state index in [1.165, 1.54) is 22.2 Å². The number of hydrogen-bond acceptors (Lipinski definition) is 7. The van der Waals surface area contributed by atoms with Crippen molar-refractivity contribution in [1.82, 2.24) is 9.55 Å². The van der Waals surface area contributed by atoms with Gasteiger partial charge in [0, 0.05) is 0 Å². The second-order valence-electron chi connectivity index (χ2n) is 5.21. The van der Waals surface area contributed by atoms with Gasteiger partial charge in [0.25, 0.3) is 5.56 Å². The Morgan fingerprint density at radius 3 is 2.96 bits per heavy atom. The first kappa shape index (κ1) is 17.3. The molecule has 0 atom stereocenters. The zero-order valence-electron chi connectivity index (χ0n) is 13.6. The highest BCUT2D eigenvalue weighted by molar-refractivity contribution is 7.18. The number of ether oxygens (including phenoxy) is 1. The zero-order chi connectivity index (χ0) is 18.0. The summed E-state index contributed by atoms with van der Waals surface area (Å²) in [6.45, 7) is 3.65. The minimum absolute atomic E-state index is 0.149. The summed E-state index contributed by atoms with van der Waals surface area (Å²) in [5.41, 5.74) is 0.480. The number of esters is 1. The number of rotatable bonds is 5. The fourth-order valence-electron chi connectivity index (χ4n) is 2.28. The van der Waals surface area contributed by atoms with Crippen LogP contribution in [0.25, 0.3) is 10.2 Å². The van der Waals surface area contributed by atoms with Crippen LogP contribution in [0.4, 0.5) is 5.00 Å². The van der Waals surface area contributed by atoms with Crippen molar-refractivity contribution in [2.24, 2.45) is 0 Å². The van der Waals surface area contributed by atoms with Gasteiger partial charge >= 0.3 is 5.97 Å². The van der Waals surface area contributed by atoms with E-state index in [9.17, 15) is 14.4 Å². The molecule has 130 valence electrons. The molecule has 25 heavy (non-hydrogen) atoms. The van der Waals surface area contributed by atoms with Crippen LogP contribution >= 0.6 is 22.7 Å². The normalized spacial score (nSPS) is 10.8. The number of anilines is 1. The van der Waals surface area contributed by atoms with Crippen LogP contribution in [0, 0.1) is 6.92 Å². The monoisotopic (exact) mass is 377 g/mol. The summed E-state index contributed by atoms with van der Waals surface area (Å²) in [6.07, 6.45) is 1.37. The average molecular weight is 377 g/mol. The molecule has 3 aromatic rings. The van der Waals surface area contributed by atoms with Crippen LogP contribution in [0.2, 0.25) is 0 Å². The first-order valence-corrected chi connectivity index (χ1v) is 9.19. The fourth-order valence-corrected chi connectivity index (χ4v) is 3.99. The van der Waals surface area contributed by atoms with Crippen LogP contribution in [-0.2, 0) is 16.1 Å². The fraction of sp³-hybridized carbons (Fsp3) is 0.250. The number of carbonyl (C=O) groups is 2. The van der Waals surface area contributed by atoms with Crippen molar-refractivity contribution in [3.05, 3.63) is 44.6 Å². The van der Waals surface area contributed by atoms with Gasteiger partial charge in [-0.3, -0.25) is 14.2 Å². The molecule has 0 saturated heterocycles. The van der Waals surface area contributed by atoms with Crippen molar-refractivity contribution in [3.8, 4) is 0 Å². The van der Waals surface area contributed by atoms with E-state index in [4.69, 9.17) is 4.74 Å². The minimum atomic E-state index is -0.408. The van der Waals surface area contributed by atoms with Gasteiger partial charge in [-0.05, 0) is 36.9 Å². The lowest BCUT2D eigenvalue weighted by Crippen LogP contribution is -2.27. The molecule has 0 unspecified atom stereocenters. The molecule has 0 aliphatic carbocycles. The van der Waals surface area contributed by atoms with Gasteiger partial charge in [-0.15, -0.1) is 22.7 Å². The number of amides is 1. The molecular formula is C16H15N3O4S2. The molecule has 3 rings (SSSR count). The summed E-state index contributed by atoms with van der Waals surface area (Å²) in [6, 6.07) is 3.40. The van der Waals surface area contributed by atoms with Gasteiger partial charge in [0.05, 0.1) is 23.3 Å². The summed E-state index contributed by atoms with van der Waals surface area (Å²) >= 11 is 2.52. The summed E-state index contributed by atoms with van der Waals surface area (Å²) in [5, 5.41) is 5.52. The summed E-state index contributed by atoms with van der Waals surface area (Å²) < 4.78 is 6.24. The molecule has 0 fully saturated rings. The maximum absolute atomic E-state index is 12.3. The standard InChI is InChI=1S/C16H15N3O4S2/c1-3-23-16(22)13-9(2)6-12(25-13)18-11(20)7-19-8-17-14-10(15(19)21)4-5-24-14/h4-6,8H,3,7H2,1-2H3,(H,18,20). The van der Waals surface area contributed by atoms with Gasteiger partial charge in [-0.1, -0.05) is 0 Å². The first-order valence-electron chi connectivity index (χ1n) is 7.49. The molecule has 0 spiro atoms. The molecule has 0 aromatic carbocycles. The maximum atomic E-state index is 12.3. The molecule has 7 nitrogen and oxygen atoms in total. The Morgan fingerprint density at radius 2 is 2.20 bits per heavy atom. The highest BCUT2D eigenvalue weighted by atomic mass is 32.1. The largest absolute Gasteiger partial charge is 0.462 e. The lowest BCUT2D eigenvalue weighted by atomic mass is 10.3. The molecular weight excluding hydrogens is 362 g/mol. The van der Waals surface area contributed by atoms with Gasteiger partial charge in [0.2, 0.25) is 5.91 Å². The summed E-state index contributed by atoms with van der Waals surface area (Å²) in [7, 11) is 0. The molecule has 0 radical (unpaired) electrons. The third kappa shape index (κ3) is 3.62. The van der Waals surface area contributed by atoms with Crippen LogP contribution in [0.3, 0.4) is 0 Å². The van der Waals surface area contributed by atoms with E-state index in [0.717, 1.165) is 16.9 Å². The Labute approximate surface area is 150 Å². The van der Waals surface area contributed by atoms with Gasteiger partial charge in [-0.25, -0.2) is 9.78 Å². The molecule has 0 saturated carbocycles. The molecule has 0 aliphatic rings. The Bertz CT molecular complexity index is 1000. The second kappa shape index (κ2) is 7.16. The number of thiophene rings is 2. The van der Waals surface area contributed by atoms with Crippen LogP contribution in [0.15, 0.2) is 28.6 Å². The molecule has 3 aromatic heterocycles. The smallest absolute Gasteiger partial charge is 0.348 e. The molecule has 3 heterocycles. The second-order valence-corrected chi connectivity index (χ2v) is 7.16. The molecule has 1 amide bonds. The van der Waals surface area contributed by atoms with Crippen molar-refractivity contribution < 1.29 is 14.3 Å². The van der Waals surface area contributed by atoms with E-state index >= 15 is 0 Å². The van der Waals surface area contributed by atoms with E-state index in [-0.39, 0.29) is 18.0 Å². The predicted molar refractivity (Wildman–Crippen MR) is 97.5 cm³/mol. The van der Waals surface area contributed by atoms with E-state index in [1.807, 2.05) is 0 Å². The lowest BCUT2D eigenvalue weighted by Gasteiger charge is -2.05. The van der Waals surface area contributed by atoms with Crippen molar-refractivity contribution in [1.29, 1.82) is 0 Å². The Morgan fingerprint density at radius 1 is 1.40 bits per heavy atom. The molecule has 9 heteroatoms. The zero-order valence-corrected chi connectivity index (χ0v) is 15.2. The van der Waals surface area contributed by atoms with Gasteiger partial charge in [0.15, 0.2) is 0 Å². The number of carbonyl (C=O) groups excluding carboxylic acids is 2. The highest BCUT2D eigenvalue weighted by Crippen LogP contribution is 2.27. The van der Waals surface area contributed by atoms with Gasteiger partial charge in [-0.2, -0.15) is 0 Å². The Kier molecular flexibility index (Phi) is 4.95. The summed E-state index contributed by atoms with van der Waals surface area (Å²) in [5.74, 6) is -0.774. The Balaban J connectivity index is 1.74. The van der Waals surface area contributed by atoms with Crippen LogP contribution < -0.4 is 10.9 Å². The van der Waals surface area contributed by atoms with Crippen molar-refractivity contribution in [2.75, 3.05) is 11.9 Å². The molecule has 0 aliphatic heterocycles. The lowest BCUT2D eigenvalue weighted by molar-refractivity contribution is -0.116. The maximum Gasteiger partial charge on any atom is 0.348 e. The topological polar surface area (TPSA) is 90.3 Å². The van der Waals surface area contributed by atoms with Crippen molar-refractivity contribution >= 4 is 49.8 Å². The van der Waals surface area contributed by atoms with E-state index < -0.39 is 5.97 Å². The van der Waals surface area contributed by atoms with Crippen molar-refractivity contribution in [3.63, 3.8) is 0 Å². The van der Waals surface area contributed by atoms with Gasteiger partial charge < -0.3 is 10.1 Å². The number of hydrogen-bond donors (Lipinski definition) is 1. The van der Waals surface area contributed by atoms with Gasteiger partial charge in [0.1, 0.15) is 16.3 Å². The number of aryl methyl sites for hydroxylation is 1. The quantitative estimate of drug-likeness (QED) is 0.690. The minimum Gasteiger partial charge on any atom is -0.462 e. The third-order valence-electron chi connectivity index (χ3n) is 3.41. The van der Waals surface area contributed by atoms with Crippen molar-refractivity contribution in [2.45, 2.75) is 20.4 Å². The van der Waals surface area contributed by atoms with Crippen LogP contribution in [0.1, 0.15) is 22.2 Å². The summed E-state index contributed by atoms with van der Waals surface area (Å²) in [4.78, 5) is 41.6. The van der Waals surface area contributed by atoms with Crippen LogP contribution in [-0.4, -0.2) is 28.0 Å². The number of aromatic nitrogens is 2. The average Bonchev–Trinajstić information content (AvgIpc) is 3.17. The molecule has 0 bridgehead atoms. The Hall–Kier alpha value is -2.52. The van der Waals surface area contributed by atoms with E-state index in [1.54, 1.807) is 31.4 Å². The number of nitrogens with one attached hydrogen (secondary N) is 1. The van der Waals surface area contributed by atoms with E-state index in [2.05, 4.69) is 10.3 Å². The predicted octanol–water partition coefficient (Wildman–Crippen LogP) is 2.64. The number of nitrogens with zero attached hydrogens (tertiary/aromatic N) is 2. The highest BCUT2D eigenvalue weighted by Gasteiger charge is 2.16. The third-order valence-corrected chi connectivity index (χ3v) is 5.36. The van der Waals surface area contributed by atoms with Crippen LogP contribution in [0.5, 0.6) is 0 Å². The number of fused-ring (bicyclic) bond motifs is 1. The SMILES string of the molecule is CCOC(=O)c1sc(NC(=O)Cn2cnc3sccc3c2=O)cc1C. The molecule has 1 N–H and O–H groups in total.